The van der Waals surface area contributed by atoms with Crippen LogP contribution in [0, 0.1) is 0 Å². The summed E-state index contributed by atoms with van der Waals surface area (Å²) in [7, 11) is 0. The molecule has 0 bridgehead atoms. The third-order valence-corrected chi connectivity index (χ3v) is 7.33. The van der Waals surface area contributed by atoms with E-state index in [9.17, 15) is 0 Å². The number of nitrogens with zero attached hydrogens (tertiary/aromatic N) is 2. The molecule has 0 fully saturated rings. The molecule has 0 spiro atoms. The maximum atomic E-state index is 4.84. The number of rotatable bonds is 2. The highest BCUT2D eigenvalue weighted by atomic mass is 14.9. The van der Waals surface area contributed by atoms with E-state index in [1.165, 1.54) is 49.2 Å². The highest BCUT2D eigenvalue weighted by molar-refractivity contribution is 6.23. The molecule has 0 radical (unpaired) electrons. The van der Waals surface area contributed by atoms with Gasteiger partial charge in [0.1, 0.15) is 0 Å². The molecule has 2 heteroatoms. The number of aromatic nitrogens is 2. The van der Waals surface area contributed by atoms with E-state index < -0.39 is 0 Å². The van der Waals surface area contributed by atoms with Crippen molar-refractivity contribution < 1.29 is 0 Å². The lowest BCUT2D eigenvalue weighted by atomic mass is 9.85. The zero-order valence-corrected chi connectivity index (χ0v) is 20.2. The second-order valence-corrected chi connectivity index (χ2v) is 10.6. The molecule has 0 aliphatic heterocycles. The molecule has 3 aromatic heterocycles. The van der Waals surface area contributed by atoms with Gasteiger partial charge in [0.2, 0.25) is 0 Å². The van der Waals surface area contributed by atoms with Gasteiger partial charge >= 0.3 is 0 Å². The molecule has 4 aromatic carbocycles. The molecule has 7 rings (SSSR count). The Morgan fingerprint density at radius 3 is 2.00 bits per heavy atom. The molecule has 2 nitrogen and oxygen atoms in total. The maximum Gasteiger partial charge on any atom is 0.0702 e. The Balaban J connectivity index is 1.48. The van der Waals surface area contributed by atoms with Crippen LogP contribution in [0.3, 0.4) is 0 Å². The molecule has 0 atom stereocenters. The third-order valence-electron chi connectivity index (χ3n) is 7.33. The summed E-state index contributed by atoms with van der Waals surface area (Å²) in [5.74, 6) is 0. The van der Waals surface area contributed by atoms with Gasteiger partial charge < -0.3 is 4.40 Å². The molecule has 7 aromatic rings. The summed E-state index contributed by atoms with van der Waals surface area (Å²) in [5, 5.41) is 5.27. The third kappa shape index (κ3) is 2.99. The van der Waals surface area contributed by atoms with Crippen LogP contribution in [0.5, 0.6) is 0 Å². The van der Waals surface area contributed by atoms with Gasteiger partial charge in [-0.2, -0.15) is 0 Å². The van der Waals surface area contributed by atoms with Crippen LogP contribution in [0.4, 0.5) is 0 Å². The molecule has 168 valence electrons. The molecule has 0 amide bonds. The van der Waals surface area contributed by atoms with E-state index in [0.29, 0.717) is 0 Å². The van der Waals surface area contributed by atoms with E-state index >= 15 is 0 Å². The first-order chi connectivity index (χ1) is 17.0. The number of hydrogen-bond acceptors (Lipinski definition) is 1. The molecule has 35 heavy (non-hydrogen) atoms. The largest absolute Gasteiger partial charge is 0.308 e. The van der Waals surface area contributed by atoms with Crippen LogP contribution >= 0.6 is 0 Å². The van der Waals surface area contributed by atoms with Crippen molar-refractivity contribution in [3.8, 4) is 22.4 Å². The summed E-state index contributed by atoms with van der Waals surface area (Å²) in [6.45, 7) is 6.89. The monoisotopic (exact) mass is 450 g/mol. The lowest BCUT2D eigenvalue weighted by Gasteiger charge is -2.19. The molecule has 0 unspecified atom stereocenters. The van der Waals surface area contributed by atoms with Crippen molar-refractivity contribution in [2.75, 3.05) is 0 Å². The molecule has 3 heterocycles. The average molecular weight is 451 g/mol. The van der Waals surface area contributed by atoms with Crippen molar-refractivity contribution >= 4 is 38.1 Å². The van der Waals surface area contributed by atoms with E-state index in [1.54, 1.807) is 0 Å². The van der Waals surface area contributed by atoms with Gasteiger partial charge in [0.25, 0.3) is 0 Å². The fourth-order valence-electron chi connectivity index (χ4n) is 5.46. The Morgan fingerprint density at radius 2 is 1.26 bits per heavy atom. The van der Waals surface area contributed by atoms with E-state index in [2.05, 4.69) is 116 Å². The van der Waals surface area contributed by atoms with Crippen molar-refractivity contribution in [2.24, 2.45) is 0 Å². The Labute approximate surface area is 204 Å². The maximum absolute atomic E-state index is 4.84. The number of hydrogen-bond donors (Lipinski definition) is 0. The summed E-state index contributed by atoms with van der Waals surface area (Å²) >= 11 is 0. The minimum atomic E-state index is 0.0725. The van der Waals surface area contributed by atoms with Crippen LogP contribution in [0.1, 0.15) is 26.3 Å². The number of fused-ring (bicyclic) bond motifs is 6. The van der Waals surface area contributed by atoms with Crippen molar-refractivity contribution in [3.05, 3.63) is 109 Å². The highest BCUT2D eigenvalue weighted by Gasteiger charge is 2.22. The van der Waals surface area contributed by atoms with Gasteiger partial charge in [0.05, 0.1) is 22.2 Å². The summed E-state index contributed by atoms with van der Waals surface area (Å²) in [5.41, 5.74) is 9.75. The van der Waals surface area contributed by atoms with E-state index in [4.69, 9.17) is 4.98 Å². The van der Waals surface area contributed by atoms with Gasteiger partial charge in [0, 0.05) is 38.9 Å². The first-order valence-electron chi connectivity index (χ1n) is 12.2. The summed E-state index contributed by atoms with van der Waals surface area (Å²) in [6, 6.07) is 35.1. The number of pyridine rings is 1. The van der Waals surface area contributed by atoms with Gasteiger partial charge in [-0.1, -0.05) is 81.4 Å². The minimum absolute atomic E-state index is 0.0725. The Morgan fingerprint density at radius 1 is 0.571 bits per heavy atom. The lowest BCUT2D eigenvalue weighted by Crippen LogP contribution is -2.10. The predicted molar refractivity (Wildman–Crippen MR) is 148 cm³/mol. The number of para-hydroxylation sites is 1. The van der Waals surface area contributed by atoms with Crippen LogP contribution in [0.15, 0.2) is 103 Å². The predicted octanol–water partition coefficient (Wildman–Crippen LogP) is 8.86. The van der Waals surface area contributed by atoms with E-state index in [0.717, 1.165) is 16.8 Å². The topological polar surface area (TPSA) is 17.3 Å². The standard InChI is InChI=1S/C33H26N2/c1-33(2,3)24-18-27-25-11-7-8-12-30(25)35-31-16-14-22(17-26(31)28(19-24)32(27)35)29-15-13-23(20-34-29)21-9-5-4-6-10-21/h4-20H,1-3H3. The van der Waals surface area contributed by atoms with E-state index in [1.807, 2.05) is 12.3 Å². The van der Waals surface area contributed by atoms with Crippen LogP contribution in [0.25, 0.3) is 60.5 Å². The molecule has 0 aliphatic carbocycles. The Kier molecular flexibility index (Phi) is 4.14. The second-order valence-electron chi connectivity index (χ2n) is 10.6. The van der Waals surface area contributed by atoms with Crippen molar-refractivity contribution in [2.45, 2.75) is 26.2 Å². The molecule has 0 saturated heterocycles. The number of benzene rings is 4. The fourth-order valence-corrected chi connectivity index (χ4v) is 5.46. The average Bonchev–Trinajstić information content (AvgIpc) is 3.40. The van der Waals surface area contributed by atoms with Crippen LogP contribution in [-0.4, -0.2) is 9.38 Å². The normalized spacial score (nSPS) is 12.4. The molecular formula is C33H26N2. The molecular weight excluding hydrogens is 424 g/mol. The van der Waals surface area contributed by atoms with Crippen LogP contribution < -0.4 is 0 Å². The SMILES string of the molecule is CC(C)(C)c1cc2c3ccccc3n3c4ccc(-c5ccc(-c6ccccc6)cn5)cc4c(c1)c23. The van der Waals surface area contributed by atoms with Crippen molar-refractivity contribution in [3.63, 3.8) is 0 Å². The first-order valence-corrected chi connectivity index (χ1v) is 12.2. The van der Waals surface area contributed by atoms with Crippen molar-refractivity contribution in [1.82, 2.24) is 9.38 Å². The minimum Gasteiger partial charge on any atom is -0.308 e. The van der Waals surface area contributed by atoms with Crippen LogP contribution in [-0.2, 0) is 5.41 Å². The zero-order valence-electron chi connectivity index (χ0n) is 20.2. The van der Waals surface area contributed by atoms with Gasteiger partial charge in [-0.05, 0) is 52.9 Å². The molecule has 0 aliphatic rings. The van der Waals surface area contributed by atoms with Crippen molar-refractivity contribution in [1.29, 1.82) is 0 Å². The zero-order chi connectivity index (χ0) is 23.7. The Hall–Kier alpha value is -4.17. The van der Waals surface area contributed by atoms with Gasteiger partial charge in [-0.25, -0.2) is 0 Å². The van der Waals surface area contributed by atoms with Crippen LogP contribution in [0.2, 0.25) is 0 Å². The summed E-state index contributed by atoms with van der Waals surface area (Å²) < 4.78 is 2.44. The summed E-state index contributed by atoms with van der Waals surface area (Å²) in [6.07, 6.45) is 1.98. The molecule has 0 saturated carbocycles. The fraction of sp³-hybridized carbons (Fsp3) is 0.121. The van der Waals surface area contributed by atoms with Gasteiger partial charge in [-0.15, -0.1) is 0 Å². The first kappa shape index (κ1) is 20.2. The van der Waals surface area contributed by atoms with Gasteiger partial charge in [0.15, 0.2) is 0 Å². The molecule has 0 N–H and O–H groups in total. The smallest absolute Gasteiger partial charge is 0.0702 e. The Bertz CT molecular complexity index is 1850. The second kappa shape index (κ2) is 7.16. The van der Waals surface area contributed by atoms with Gasteiger partial charge in [-0.3, -0.25) is 4.98 Å². The summed E-state index contributed by atoms with van der Waals surface area (Å²) in [4.78, 5) is 4.84. The lowest BCUT2D eigenvalue weighted by molar-refractivity contribution is 0.592. The van der Waals surface area contributed by atoms with E-state index in [-0.39, 0.29) is 5.41 Å². The highest BCUT2D eigenvalue weighted by Crippen LogP contribution is 2.42. The quantitative estimate of drug-likeness (QED) is 0.257.